The first-order valence-electron chi connectivity index (χ1n) is 7.63. The first-order chi connectivity index (χ1) is 11.5. The zero-order chi connectivity index (χ0) is 17.1. The molecule has 1 fully saturated rings. The monoisotopic (exact) mass is 328 g/mol. The molecule has 0 aliphatic carbocycles. The van der Waals surface area contributed by atoms with Crippen molar-refractivity contribution in [3.8, 4) is 5.75 Å². The van der Waals surface area contributed by atoms with E-state index in [9.17, 15) is 19.1 Å². The van der Waals surface area contributed by atoms with E-state index in [1.165, 1.54) is 24.3 Å². The fourth-order valence-corrected chi connectivity index (χ4v) is 2.74. The van der Waals surface area contributed by atoms with Gasteiger partial charge < -0.3 is 15.3 Å². The smallest absolute Gasteiger partial charge is 0.229 e. The molecule has 5 nitrogen and oxygen atoms in total. The molecular formula is C18H17FN2O3. The van der Waals surface area contributed by atoms with Crippen molar-refractivity contribution in [2.45, 2.75) is 13.0 Å². The molecule has 6 heteroatoms. The molecule has 24 heavy (non-hydrogen) atoms. The molecule has 0 bridgehead atoms. The molecule has 2 N–H and O–H groups in total. The summed E-state index contributed by atoms with van der Waals surface area (Å²) < 4.78 is 12.9. The molecule has 1 saturated heterocycles. The molecule has 1 atom stereocenters. The molecule has 0 saturated carbocycles. The van der Waals surface area contributed by atoms with E-state index in [0.717, 1.165) is 5.56 Å². The van der Waals surface area contributed by atoms with Crippen LogP contribution in [-0.4, -0.2) is 28.4 Å². The van der Waals surface area contributed by atoms with Gasteiger partial charge in [-0.2, -0.15) is 0 Å². The standard InChI is InChI=1S/C18H17FN2O3/c19-14-6-4-12(5-7-14)10-21-11-13(8-17(21)23)18(24)20-15-2-1-3-16(22)9-15/h1-7,9,13,22H,8,10-11H2,(H,20,24)/t13-/m0/s1. The van der Waals surface area contributed by atoms with Gasteiger partial charge in [-0.15, -0.1) is 0 Å². The maximum absolute atomic E-state index is 12.9. The minimum absolute atomic E-state index is 0.0632. The molecule has 0 spiro atoms. The lowest BCUT2D eigenvalue weighted by molar-refractivity contribution is -0.128. The SMILES string of the molecule is O=C(Nc1cccc(O)c1)[C@H]1CC(=O)N(Cc2ccc(F)cc2)C1. The van der Waals surface area contributed by atoms with E-state index in [1.807, 2.05) is 0 Å². The van der Waals surface area contributed by atoms with E-state index in [4.69, 9.17) is 0 Å². The molecule has 2 aromatic rings. The molecule has 0 radical (unpaired) electrons. The second-order valence-electron chi connectivity index (χ2n) is 5.84. The van der Waals surface area contributed by atoms with Crippen molar-refractivity contribution in [3.05, 3.63) is 59.9 Å². The van der Waals surface area contributed by atoms with Gasteiger partial charge in [0.1, 0.15) is 11.6 Å². The summed E-state index contributed by atoms with van der Waals surface area (Å²) in [7, 11) is 0. The predicted octanol–water partition coefficient (Wildman–Crippen LogP) is 2.52. The third kappa shape index (κ3) is 3.71. The molecule has 124 valence electrons. The fourth-order valence-electron chi connectivity index (χ4n) is 2.74. The average molecular weight is 328 g/mol. The number of aromatic hydroxyl groups is 1. The van der Waals surface area contributed by atoms with Gasteiger partial charge in [0.2, 0.25) is 11.8 Å². The van der Waals surface area contributed by atoms with Crippen molar-refractivity contribution in [3.63, 3.8) is 0 Å². The molecule has 2 amide bonds. The van der Waals surface area contributed by atoms with Crippen LogP contribution in [0.1, 0.15) is 12.0 Å². The number of carbonyl (C=O) groups excluding carboxylic acids is 2. The first kappa shape index (κ1) is 16.0. The number of phenolic OH excluding ortho intramolecular Hbond substituents is 1. The molecule has 1 aliphatic heterocycles. The lowest BCUT2D eigenvalue weighted by Crippen LogP contribution is -2.28. The Morgan fingerprint density at radius 2 is 2.00 bits per heavy atom. The second kappa shape index (κ2) is 6.70. The van der Waals surface area contributed by atoms with E-state index >= 15 is 0 Å². The van der Waals surface area contributed by atoms with E-state index < -0.39 is 5.92 Å². The summed E-state index contributed by atoms with van der Waals surface area (Å²) in [4.78, 5) is 26.0. The summed E-state index contributed by atoms with van der Waals surface area (Å²) in [5.41, 5.74) is 1.31. The molecule has 1 aliphatic rings. The van der Waals surface area contributed by atoms with E-state index in [0.29, 0.717) is 18.8 Å². The highest BCUT2D eigenvalue weighted by Gasteiger charge is 2.34. The van der Waals surface area contributed by atoms with Crippen LogP contribution >= 0.6 is 0 Å². The summed E-state index contributed by atoms with van der Waals surface area (Å²) in [5, 5.41) is 12.1. The number of benzene rings is 2. The van der Waals surface area contributed by atoms with Gasteiger partial charge in [-0.1, -0.05) is 18.2 Å². The van der Waals surface area contributed by atoms with Gasteiger partial charge in [-0.3, -0.25) is 9.59 Å². The zero-order valence-electron chi connectivity index (χ0n) is 12.9. The van der Waals surface area contributed by atoms with Gasteiger partial charge in [-0.05, 0) is 29.8 Å². The summed E-state index contributed by atoms with van der Waals surface area (Å²) in [5.74, 6) is -1.06. The Kier molecular flexibility index (Phi) is 4.46. The van der Waals surface area contributed by atoms with Crippen LogP contribution in [0.25, 0.3) is 0 Å². The Labute approximate surface area is 138 Å². The first-order valence-corrected chi connectivity index (χ1v) is 7.63. The molecule has 2 aromatic carbocycles. The van der Waals surface area contributed by atoms with Gasteiger partial charge in [0.25, 0.3) is 0 Å². The molecule has 0 unspecified atom stereocenters. The van der Waals surface area contributed by atoms with Crippen LogP contribution in [0.15, 0.2) is 48.5 Å². The molecule has 1 heterocycles. The minimum Gasteiger partial charge on any atom is -0.508 e. The number of nitrogens with zero attached hydrogens (tertiary/aromatic N) is 1. The largest absolute Gasteiger partial charge is 0.508 e. The van der Waals surface area contributed by atoms with Crippen LogP contribution < -0.4 is 5.32 Å². The third-order valence-corrected chi connectivity index (χ3v) is 3.99. The number of rotatable bonds is 4. The molecule has 3 rings (SSSR count). The van der Waals surface area contributed by atoms with E-state index in [-0.39, 0.29) is 29.8 Å². The number of phenols is 1. The maximum atomic E-state index is 12.9. The summed E-state index contributed by atoms with van der Waals surface area (Å²) >= 11 is 0. The minimum atomic E-state index is -0.444. The van der Waals surface area contributed by atoms with Crippen molar-refractivity contribution < 1.29 is 19.1 Å². The van der Waals surface area contributed by atoms with Crippen molar-refractivity contribution in [2.75, 3.05) is 11.9 Å². The summed E-state index contributed by atoms with van der Waals surface area (Å²) in [6.45, 7) is 0.676. The number of nitrogens with one attached hydrogen (secondary N) is 1. The number of amides is 2. The third-order valence-electron chi connectivity index (χ3n) is 3.99. The Hall–Kier alpha value is -2.89. The van der Waals surface area contributed by atoms with E-state index in [1.54, 1.807) is 29.2 Å². The summed E-state index contributed by atoms with van der Waals surface area (Å²) in [6.07, 6.45) is 0.145. The Morgan fingerprint density at radius 3 is 2.71 bits per heavy atom. The highest BCUT2D eigenvalue weighted by atomic mass is 19.1. The Bertz CT molecular complexity index is 761. The van der Waals surface area contributed by atoms with E-state index in [2.05, 4.69) is 5.32 Å². The second-order valence-corrected chi connectivity index (χ2v) is 5.84. The van der Waals surface area contributed by atoms with Crippen LogP contribution in [-0.2, 0) is 16.1 Å². The maximum Gasteiger partial charge on any atom is 0.229 e. The van der Waals surface area contributed by atoms with Gasteiger partial charge in [0.15, 0.2) is 0 Å². The normalized spacial score (nSPS) is 17.1. The summed E-state index contributed by atoms with van der Waals surface area (Å²) in [6, 6.07) is 12.2. The predicted molar refractivity (Wildman–Crippen MR) is 86.7 cm³/mol. The van der Waals surface area contributed by atoms with Gasteiger partial charge in [0, 0.05) is 31.3 Å². The number of hydrogen-bond acceptors (Lipinski definition) is 3. The topological polar surface area (TPSA) is 69.6 Å². The molecular weight excluding hydrogens is 311 g/mol. The van der Waals surface area contributed by atoms with Gasteiger partial charge in [-0.25, -0.2) is 4.39 Å². The van der Waals surface area contributed by atoms with Gasteiger partial charge in [0.05, 0.1) is 5.92 Å². The fraction of sp³-hybridized carbons (Fsp3) is 0.222. The van der Waals surface area contributed by atoms with Crippen molar-refractivity contribution in [1.29, 1.82) is 0 Å². The number of halogens is 1. The molecule has 0 aromatic heterocycles. The number of carbonyl (C=O) groups is 2. The Morgan fingerprint density at radius 1 is 1.25 bits per heavy atom. The number of hydrogen-bond donors (Lipinski definition) is 2. The van der Waals surface area contributed by atoms with Crippen LogP contribution in [0.2, 0.25) is 0 Å². The zero-order valence-corrected chi connectivity index (χ0v) is 12.9. The number of anilines is 1. The van der Waals surface area contributed by atoms with Crippen molar-refractivity contribution >= 4 is 17.5 Å². The lowest BCUT2D eigenvalue weighted by Gasteiger charge is -2.16. The van der Waals surface area contributed by atoms with Crippen molar-refractivity contribution in [2.24, 2.45) is 5.92 Å². The quantitative estimate of drug-likeness (QED) is 0.906. The Balaban J connectivity index is 1.61. The van der Waals surface area contributed by atoms with Crippen LogP contribution in [0.3, 0.4) is 0 Å². The highest BCUT2D eigenvalue weighted by molar-refractivity contribution is 5.97. The average Bonchev–Trinajstić information content (AvgIpc) is 2.91. The van der Waals surface area contributed by atoms with Crippen LogP contribution in [0.5, 0.6) is 5.75 Å². The van der Waals surface area contributed by atoms with Gasteiger partial charge >= 0.3 is 0 Å². The van der Waals surface area contributed by atoms with Crippen LogP contribution in [0.4, 0.5) is 10.1 Å². The van der Waals surface area contributed by atoms with Crippen LogP contribution in [0, 0.1) is 11.7 Å². The number of likely N-dealkylation sites (tertiary alicyclic amines) is 1. The highest BCUT2D eigenvalue weighted by Crippen LogP contribution is 2.23. The van der Waals surface area contributed by atoms with Crippen molar-refractivity contribution in [1.82, 2.24) is 4.90 Å². The lowest BCUT2D eigenvalue weighted by atomic mass is 10.1.